The van der Waals surface area contributed by atoms with Crippen LogP contribution in [-0.2, 0) is 20.1 Å². The first-order valence-corrected chi connectivity index (χ1v) is 6.32. The Kier molecular flexibility index (Phi) is 4.11. The summed E-state index contributed by atoms with van der Waals surface area (Å²) in [5.74, 6) is -2.77. The average Bonchev–Trinajstić information content (AvgIpc) is 2.62. The molecular weight excluding hydrogens is 291 g/mol. The minimum Gasteiger partial charge on any atom is -0.406 e. The Balaban J connectivity index is 2.45. The number of carbonyl (C=O) groups is 1. The van der Waals surface area contributed by atoms with Crippen LogP contribution in [-0.4, -0.2) is 25.5 Å². The highest BCUT2D eigenvalue weighted by atomic mass is 19.4. The molecule has 0 radical (unpaired) electrons. The summed E-state index contributed by atoms with van der Waals surface area (Å²) < 4.78 is 51.5. The van der Waals surface area contributed by atoms with Crippen LogP contribution in [0.2, 0.25) is 0 Å². The highest BCUT2D eigenvalue weighted by Crippen LogP contribution is 2.42. The molecule has 1 aliphatic heterocycles. The monoisotopic (exact) mass is 305 g/mol. The smallest absolute Gasteiger partial charge is 0.406 e. The van der Waals surface area contributed by atoms with Crippen LogP contribution in [0.15, 0.2) is 18.2 Å². The van der Waals surface area contributed by atoms with Crippen molar-refractivity contribution in [2.75, 3.05) is 18.5 Å². The maximum absolute atomic E-state index is 12.3. The minimum atomic E-state index is -4.82. The van der Waals surface area contributed by atoms with Crippen LogP contribution < -0.4 is 10.1 Å². The van der Waals surface area contributed by atoms with Gasteiger partial charge in [0.05, 0.1) is 5.69 Å². The maximum Gasteiger partial charge on any atom is 0.573 e. The molecular formula is C13H14F3NO4. The first-order chi connectivity index (χ1) is 9.82. The second-order valence-corrected chi connectivity index (χ2v) is 4.19. The number of amides is 1. The van der Waals surface area contributed by atoms with Gasteiger partial charge in [-0.3, -0.25) is 4.79 Å². The van der Waals surface area contributed by atoms with Crippen molar-refractivity contribution in [3.63, 3.8) is 0 Å². The molecule has 1 amide bonds. The fraction of sp³-hybridized carbons (Fsp3) is 0.462. The first-order valence-electron chi connectivity index (χ1n) is 6.32. The Hall–Kier alpha value is -1.80. The molecule has 2 rings (SSSR count). The maximum atomic E-state index is 12.3. The fourth-order valence-electron chi connectivity index (χ4n) is 2.16. The van der Waals surface area contributed by atoms with Gasteiger partial charge >= 0.3 is 6.36 Å². The zero-order valence-electron chi connectivity index (χ0n) is 11.4. The van der Waals surface area contributed by atoms with E-state index in [0.717, 1.165) is 12.1 Å². The highest BCUT2D eigenvalue weighted by Gasteiger charge is 2.50. The van der Waals surface area contributed by atoms with Crippen molar-refractivity contribution in [2.24, 2.45) is 0 Å². The third-order valence-electron chi connectivity index (χ3n) is 2.82. The second kappa shape index (κ2) is 5.53. The van der Waals surface area contributed by atoms with Gasteiger partial charge in [-0.25, -0.2) is 0 Å². The summed E-state index contributed by atoms with van der Waals surface area (Å²) in [6.45, 7) is 3.61. The summed E-state index contributed by atoms with van der Waals surface area (Å²) in [7, 11) is 0. The Labute approximate surface area is 119 Å². The summed E-state index contributed by atoms with van der Waals surface area (Å²) in [5, 5.41) is 2.52. The van der Waals surface area contributed by atoms with Gasteiger partial charge in [-0.2, -0.15) is 0 Å². The quantitative estimate of drug-likeness (QED) is 0.850. The molecule has 0 bridgehead atoms. The third kappa shape index (κ3) is 2.96. The molecule has 0 spiro atoms. The van der Waals surface area contributed by atoms with Crippen LogP contribution in [0, 0.1) is 0 Å². The molecule has 0 unspecified atom stereocenters. The molecule has 1 N–H and O–H groups in total. The van der Waals surface area contributed by atoms with Gasteiger partial charge in [-0.1, -0.05) is 0 Å². The van der Waals surface area contributed by atoms with E-state index in [0.29, 0.717) is 5.69 Å². The van der Waals surface area contributed by atoms with E-state index in [9.17, 15) is 18.0 Å². The zero-order valence-corrected chi connectivity index (χ0v) is 11.4. The largest absolute Gasteiger partial charge is 0.573 e. The van der Waals surface area contributed by atoms with E-state index < -0.39 is 23.8 Å². The van der Waals surface area contributed by atoms with Crippen molar-refractivity contribution in [3.05, 3.63) is 23.8 Å². The molecule has 0 fully saturated rings. The van der Waals surface area contributed by atoms with Crippen LogP contribution in [0.25, 0.3) is 0 Å². The van der Waals surface area contributed by atoms with Gasteiger partial charge in [-0.15, -0.1) is 13.2 Å². The third-order valence-corrected chi connectivity index (χ3v) is 2.82. The van der Waals surface area contributed by atoms with Crippen LogP contribution in [0.3, 0.4) is 0 Å². The van der Waals surface area contributed by atoms with Crippen molar-refractivity contribution >= 4 is 11.6 Å². The number of fused-ring (bicyclic) bond motifs is 1. The number of ether oxygens (including phenoxy) is 3. The van der Waals surface area contributed by atoms with Crippen molar-refractivity contribution in [2.45, 2.75) is 26.0 Å². The predicted octanol–water partition coefficient (Wildman–Crippen LogP) is 2.76. The van der Waals surface area contributed by atoms with E-state index in [1.54, 1.807) is 13.8 Å². The first kappa shape index (κ1) is 15.6. The van der Waals surface area contributed by atoms with Gasteiger partial charge < -0.3 is 19.5 Å². The normalized spacial score (nSPS) is 16.5. The van der Waals surface area contributed by atoms with E-state index in [4.69, 9.17) is 9.47 Å². The number of hydrogen-bond donors (Lipinski definition) is 1. The van der Waals surface area contributed by atoms with E-state index in [-0.39, 0.29) is 18.8 Å². The molecule has 0 saturated carbocycles. The number of anilines is 1. The molecule has 1 aromatic carbocycles. The topological polar surface area (TPSA) is 56.8 Å². The number of nitrogens with one attached hydrogen (secondary N) is 1. The lowest BCUT2D eigenvalue weighted by Gasteiger charge is -2.26. The van der Waals surface area contributed by atoms with E-state index in [1.807, 2.05) is 0 Å². The minimum absolute atomic E-state index is 0.150. The van der Waals surface area contributed by atoms with Gasteiger partial charge in [0.1, 0.15) is 5.75 Å². The van der Waals surface area contributed by atoms with Gasteiger partial charge in [0.25, 0.3) is 11.7 Å². The summed E-state index contributed by atoms with van der Waals surface area (Å²) in [6, 6.07) is 3.51. The lowest BCUT2D eigenvalue weighted by Crippen LogP contribution is -2.40. The lowest BCUT2D eigenvalue weighted by molar-refractivity contribution is -0.274. The number of carbonyl (C=O) groups excluding carboxylic acids is 1. The van der Waals surface area contributed by atoms with E-state index in [2.05, 4.69) is 10.1 Å². The van der Waals surface area contributed by atoms with Crippen LogP contribution in [0.1, 0.15) is 19.4 Å². The molecule has 0 atom stereocenters. The average molecular weight is 305 g/mol. The number of rotatable bonds is 5. The zero-order chi connectivity index (χ0) is 15.7. The molecule has 116 valence electrons. The summed E-state index contributed by atoms with van der Waals surface area (Å²) in [5.41, 5.74) is 0.495. The van der Waals surface area contributed by atoms with E-state index >= 15 is 0 Å². The molecule has 1 aliphatic rings. The Morgan fingerprint density at radius 2 is 1.81 bits per heavy atom. The molecule has 1 heterocycles. The SMILES string of the molecule is CCOC1(OCC)C(=O)Nc2ccc(OC(F)(F)F)cc21. The highest BCUT2D eigenvalue weighted by molar-refractivity contribution is 6.04. The van der Waals surface area contributed by atoms with Crippen molar-refractivity contribution in [1.82, 2.24) is 0 Å². The molecule has 21 heavy (non-hydrogen) atoms. The van der Waals surface area contributed by atoms with Crippen molar-refractivity contribution in [1.29, 1.82) is 0 Å². The Morgan fingerprint density at radius 1 is 1.19 bits per heavy atom. The van der Waals surface area contributed by atoms with Crippen molar-refractivity contribution < 1.29 is 32.2 Å². The Bertz CT molecular complexity index is 539. The van der Waals surface area contributed by atoms with Gasteiger partial charge in [0.2, 0.25) is 0 Å². The fourth-order valence-corrected chi connectivity index (χ4v) is 2.16. The lowest BCUT2D eigenvalue weighted by atomic mass is 10.1. The molecule has 0 aliphatic carbocycles. The van der Waals surface area contributed by atoms with Crippen molar-refractivity contribution in [3.8, 4) is 5.75 Å². The predicted molar refractivity (Wildman–Crippen MR) is 66.7 cm³/mol. The van der Waals surface area contributed by atoms with E-state index in [1.165, 1.54) is 6.07 Å². The standard InChI is InChI=1S/C13H14F3NO4/c1-3-19-12(20-4-2)9-7-8(21-13(14,15)16)5-6-10(9)17-11(12)18/h5-7H,3-4H2,1-2H3,(H,17,18). The molecule has 0 saturated heterocycles. The second-order valence-electron chi connectivity index (χ2n) is 4.19. The number of hydrogen-bond acceptors (Lipinski definition) is 4. The summed E-state index contributed by atoms with van der Waals surface area (Å²) in [4.78, 5) is 12.1. The molecule has 0 aromatic heterocycles. The van der Waals surface area contributed by atoms with Gasteiger partial charge in [0.15, 0.2) is 0 Å². The number of alkyl halides is 3. The van der Waals surface area contributed by atoms with Crippen LogP contribution >= 0.6 is 0 Å². The molecule has 1 aromatic rings. The van der Waals surface area contributed by atoms with Gasteiger partial charge in [-0.05, 0) is 32.0 Å². The van der Waals surface area contributed by atoms with Gasteiger partial charge in [0, 0.05) is 18.8 Å². The number of benzene rings is 1. The summed E-state index contributed by atoms with van der Waals surface area (Å²) in [6.07, 6.45) is -4.82. The Morgan fingerprint density at radius 3 is 2.33 bits per heavy atom. The summed E-state index contributed by atoms with van der Waals surface area (Å²) >= 11 is 0. The van der Waals surface area contributed by atoms with Crippen LogP contribution in [0.4, 0.5) is 18.9 Å². The molecule has 8 heteroatoms. The number of halogens is 3. The molecule has 5 nitrogen and oxygen atoms in total. The van der Waals surface area contributed by atoms with Crippen LogP contribution in [0.5, 0.6) is 5.75 Å².